The van der Waals surface area contributed by atoms with Crippen molar-refractivity contribution in [1.29, 1.82) is 0 Å². The van der Waals surface area contributed by atoms with E-state index in [2.05, 4.69) is 10.6 Å². The third kappa shape index (κ3) is 5.91. The van der Waals surface area contributed by atoms with Gasteiger partial charge in [0.15, 0.2) is 6.10 Å². The minimum absolute atomic E-state index is 0.236. The Morgan fingerprint density at radius 1 is 0.931 bits per heavy atom. The Hall–Kier alpha value is -3.15. The molecular weight excluding hydrogens is 368 g/mol. The molecule has 0 saturated heterocycles. The molecule has 0 radical (unpaired) electrons. The molecule has 0 aliphatic heterocycles. The van der Waals surface area contributed by atoms with E-state index in [0.717, 1.165) is 22.4 Å². The summed E-state index contributed by atoms with van der Waals surface area (Å²) < 4.78 is 5.18. The van der Waals surface area contributed by atoms with E-state index in [1.807, 2.05) is 58.0 Å². The van der Waals surface area contributed by atoms with Crippen molar-refractivity contribution in [3.05, 3.63) is 64.7 Å². The van der Waals surface area contributed by atoms with Gasteiger partial charge >= 0.3 is 5.97 Å². The molecule has 0 fully saturated rings. The molecule has 0 spiro atoms. The van der Waals surface area contributed by atoms with Gasteiger partial charge < -0.3 is 15.4 Å². The molecule has 0 aliphatic rings. The summed E-state index contributed by atoms with van der Waals surface area (Å²) in [6, 6.07) is 12.9. The molecule has 2 N–H and O–H groups in total. The van der Waals surface area contributed by atoms with E-state index >= 15 is 0 Å². The number of ether oxygens (including phenoxy) is 1. The summed E-state index contributed by atoms with van der Waals surface area (Å²) >= 11 is 0. The first-order valence-corrected chi connectivity index (χ1v) is 9.64. The molecule has 0 aromatic heterocycles. The molecule has 2 rings (SSSR count). The zero-order chi connectivity index (χ0) is 21.6. The van der Waals surface area contributed by atoms with Crippen molar-refractivity contribution in [1.82, 2.24) is 5.32 Å². The fourth-order valence-corrected chi connectivity index (χ4v) is 2.93. The third-order valence-electron chi connectivity index (χ3n) is 4.64. The number of aryl methyl sites for hydroxylation is 2. The van der Waals surface area contributed by atoms with Crippen LogP contribution in [0, 0.1) is 13.8 Å². The topological polar surface area (TPSA) is 84.5 Å². The lowest BCUT2D eigenvalue weighted by atomic mass is 9.98. The fraction of sp³-hybridized carbons (Fsp3) is 0.348. The van der Waals surface area contributed by atoms with Crippen LogP contribution in [-0.2, 0) is 14.3 Å². The highest BCUT2D eigenvalue weighted by Crippen LogP contribution is 2.27. The van der Waals surface area contributed by atoms with Crippen molar-refractivity contribution in [2.45, 2.75) is 46.6 Å². The first-order valence-electron chi connectivity index (χ1n) is 9.64. The molecule has 1 unspecified atom stereocenters. The van der Waals surface area contributed by atoms with E-state index in [9.17, 15) is 14.4 Å². The van der Waals surface area contributed by atoms with Crippen molar-refractivity contribution in [3.8, 4) is 0 Å². The smallest absolute Gasteiger partial charge is 0.326 e. The average molecular weight is 396 g/mol. The third-order valence-corrected chi connectivity index (χ3v) is 4.64. The summed E-state index contributed by atoms with van der Waals surface area (Å²) in [4.78, 5) is 36.7. The van der Waals surface area contributed by atoms with Crippen LogP contribution in [0.1, 0.15) is 53.7 Å². The zero-order valence-electron chi connectivity index (χ0n) is 17.5. The second-order valence-corrected chi connectivity index (χ2v) is 7.31. The summed E-state index contributed by atoms with van der Waals surface area (Å²) in [5.41, 5.74) is 4.00. The van der Waals surface area contributed by atoms with Crippen LogP contribution in [0.3, 0.4) is 0 Å². The Balaban J connectivity index is 1.92. The van der Waals surface area contributed by atoms with Crippen LogP contribution in [0.4, 0.5) is 5.69 Å². The molecular formula is C23H28N2O4. The largest absolute Gasteiger partial charge is 0.451 e. The normalized spacial score (nSPS) is 11.7. The van der Waals surface area contributed by atoms with Crippen LogP contribution in [0.5, 0.6) is 0 Å². The number of anilines is 1. The Morgan fingerprint density at radius 3 is 2.24 bits per heavy atom. The van der Waals surface area contributed by atoms with Crippen LogP contribution in [-0.4, -0.2) is 30.4 Å². The van der Waals surface area contributed by atoms with E-state index in [1.165, 1.54) is 6.92 Å². The van der Waals surface area contributed by atoms with E-state index in [0.29, 0.717) is 5.56 Å². The Kier molecular flexibility index (Phi) is 7.53. The maximum absolute atomic E-state index is 12.5. The van der Waals surface area contributed by atoms with E-state index in [4.69, 9.17) is 4.74 Å². The Labute approximate surface area is 171 Å². The maximum atomic E-state index is 12.5. The van der Waals surface area contributed by atoms with Gasteiger partial charge in [0.2, 0.25) is 0 Å². The standard InChI is InChI=1S/C23H28N2O4/c1-14(2)18-12-8-10-16(4)21(18)25-22(27)17(5)29-20(26)13-24-23(28)19-11-7-6-9-15(19)3/h6-12,14,17H,13H2,1-5H3,(H,24,28)(H,25,27). The van der Waals surface area contributed by atoms with Gasteiger partial charge in [-0.15, -0.1) is 0 Å². The van der Waals surface area contributed by atoms with Gasteiger partial charge in [0, 0.05) is 11.3 Å². The van der Waals surface area contributed by atoms with Gasteiger partial charge in [-0.2, -0.15) is 0 Å². The molecule has 0 saturated carbocycles. The summed E-state index contributed by atoms with van der Waals surface area (Å²) in [6.45, 7) is 9.02. The number of nitrogens with one attached hydrogen (secondary N) is 2. The number of hydrogen-bond acceptors (Lipinski definition) is 4. The van der Waals surface area contributed by atoms with Gasteiger partial charge in [-0.1, -0.05) is 50.2 Å². The monoisotopic (exact) mass is 396 g/mol. The number of para-hydroxylation sites is 1. The summed E-state index contributed by atoms with van der Waals surface area (Å²) in [5, 5.41) is 5.38. The number of carbonyl (C=O) groups excluding carboxylic acids is 3. The first kappa shape index (κ1) is 22.1. The number of rotatable bonds is 7. The van der Waals surface area contributed by atoms with Gasteiger partial charge in [-0.05, 0) is 49.4 Å². The maximum Gasteiger partial charge on any atom is 0.326 e. The lowest BCUT2D eigenvalue weighted by molar-refractivity contribution is -0.152. The van der Waals surface area contributed by atoms with Gasteiger partial charge in [-0.3, -0.25) is 14.4 Å². The molecule has 0 heterocycles. The highest BCUT2D eigenvalue weighted by Gasteiger charge is 2.21. The zero-order valence-corrected chi connectivity index (χ0v) is 17.5. The van der Waals surface area contributed by atoms with Gasteiger partial charge in [0.05, 0.1) is 0 Å². The molecule has 0 bridgehead atoms. The van der Waals surface area contributed by atoms with Crippen LogP contribution < -0.4 is 10.6 Å². The van der Waals surface area contributed by atoms with Gasteiger partial charge in [0.1, 0.15) is 6.54 Å². The lowest BCUT2D eigenvalue weighted by Crippen LogP contribution is -2.36. The fourth-order valence-electron chi connectivity index (χ4n) is 2.93. The SMILES string of the molecule is Cc1ccccc1C(=O)NCC(=O)OC(C)C(=O)Nc1c(C)cccc1C(C)C. The highest BCUT2D eigenvalue weighted by molar-refractivity contribution is 5.98. The van der Waals surface area contributed by atoms with E-state index < -0.39 is 18.0 Å². The number of benzene rings is 2. The molecule has 154 valence electrons. The summed E-state index contributed by atoms with van der Waals surface area (Å²) in [5.74, 6) is -1.22. The quantitative estimate of drug-likeness (QED) is 0.699. The Morgan fingerprint density at radius 2 is 1.59 bits per heavy atom. The van der Waals surface area contributed by atoms with E-state index in [-0.39, 0.29) is 18.4 Å². The second-order valence-electron chi connectivity index (χ2n) is 7.31. The van der Waals surface area contributed by atoms with Crippen molar-refractivity contribution in [3.63, 3.8) is 0 Å². The minimum atomic E-state index is -0.988. The van der Waals surface area contributed by atoms with Gasteiger partial charge in [-0.25, -0.2) is 0 Å². The molecule has 0 aliphatic carbocycles. The van der Waals surface area contributed by atoms with Crippen molar-refractivity contribution in [2.75, 3.05) is 11.9 Å². The molecule has 2 aromatic carbocycles. The number of esters is 1. The number of hydrogen-bond donors (Lipinski definition) is 2. The molecule has 6 heteroatoms. The number of carbonyl (C=O) groups is 3. The van der Waals surface area contributed by atoms with Crippen molar-refractivity contribution < 1.29 is 19.1 Å². The molecule has 1 atom stereocenters. The molecule has 2 aromatic rings. The van der Waals surface area contributed by atoms with Crippen molar-refractivity contribution in [2.24, 2.45) is 0 Å². The highest BCUT2D eigenvalue weighted by atomic mass is 16.5. The van der Waals surface area contributed by atoms with E-state index in [1.54, 1.807) is 12.1 Å². The van der Waals surface area contributed by atoms with Gasteiger partial charge in [0.25, 0.3) is 11.8 Å². The van der Waals surface area contributed by atoms with Crippen LogP contribution in [0.2, 0.25) is 0 Å². The molecule has 6 nitrogen and oxygen atoms in total. The lowest BCUT2D eigenvalue weighted by Gasteiger charge is -2.19. The average Bonchev–Trinajstić information content (AvgIpc) is 2.67. The minimum Gasteiger partial charge on any atom is -0.451 e. The van der Waals surface area contributed by atoms with Crippen LogP contribution in [0.15, 0.2) is 42.5 Å². The Bertz CT molecular complexity index is 906. The van der Waals surface area contributed by atoms with Crippen LogP contribution in [0.25, 0.3) is 0 Å². The van der Waals surface area contributed by atoms with Crippen LogP contribution >= 0.6 is 0 Å². The molecule has 29 heavy (non-hydrogen) atoms. The molecule has 2 amide bonds. The second kappa shape index (κ2) is 9.87. The predicted octanol–water partition coefficient (Wildman–Crippen LogP) is 3.73. The summed E-state index contributed by atoms with van der Waals surface area (Å²) in [6.07, 6.45) is -0.988. The van der Waals surface area contributed by atoms with Crippen molar-refractivity contribution >= 4 is 23.5 Å². The predicted molar refractivity (Wildman–Crippen MR) is 113 cm³/mol. The first-order chi connectivity index (χ1) is 13.7. The summed E-state index contributed by atoms with van der Waals surface area (Å²) in [7, 11) is 0. The number of amides is 2.